The second kappa shape index (κ2) is 6.22. The molecule has 0 radical (unpaired) electrons. The van der Waals surface area contributed by atoms with Gasteiger partial charge in [-0.05, 0) is 0 Å². The van der Waals surface area contributed by atoms with E-state index in [1.165, 1.54) is 0 Å². The Morgan fingerprint density at radius 3 is 2.71 bits per heavy atom. The van der Waals surface area contributed by atoms with Crippen LogP contribution in [0.4, 0.5) is 0 Å². The average molecular weight is 237 g/mol. The maximum absolute atomic E-state index is 11.1. The van der Waals surface area contributed by atoms with Gasteiger partial charge in [0.25, 0.3) is 0 Å². The van der Waals surface area contributed by atoms with E-state index < -0.39 is 11.8 Å². The fourth-order valence-corrected chi connectivity index (χ4v) is 1.01. The van der Waals surface area contributed by atoms with Gasteiger partial charge < -0.3 is 15.2 Å². The molecule has 0 aliphatic rings. The fraction of sp³-hybridized carbons (Fsp3) is 0.444. The van der Waals surface area contributed by atoms with Gasteiger partial charge in [0.05, 0.1) is 6.07 Å². The second-order valence-electron chi connectivity index (χ2n) is 3.08. The number of carbonyl (C=O) groups is 2. The van der Waals surface area contributed by atoms with Crippen LogP contribution >= 0.6 is 0 Å². The van der Waals surface area contributed by atoms with Gasteiger partial charge in [-0.2, -0.15) is 10.2 Å². The predicted molar refractivity (Wildman–Crippen MR) is 54.4 cm³/mol. The van der Waals surface area contributed by atoms with Crippen molar-refractivity contribution in [2.75, 3.05) is 13.1 Å². The fourth-order valence-electron chi connectivity index (χ4n) is 1.01. The molecule has 0 aromatic carbocycles. The van der Waals surface area contributed by atoms with Crippen LogP contribution in [0.5, 0.6) is 0 Å². The Morgan fingerprint density at radius 2 is 2.12 bits per heavy atom. The number of aromatic nitrogens is 2. The molecule has 0 atom stereocenters. The van der Waals surface area contributed by atoms with Crippen LogP contribution in [-0.2, 0) is 16.0 Å². The molecule has 0 saturated heterocycles. The van der Waals surface area contributed by atoms with E-state index in [1.807, 2.05) is 0 Å². The number of nitriles is 1. The minimum absolute atomic E-state index is 0.198. The Bertz CT molecular complexity index is 448. The molecule has 0 aliphatic carbocycles. The highest BCUT2D eigenvalue weighted by molar-refractivity contribution is 6.35. The van der Waals surface area contributed by atoms with Gasteiger partial charge in [0.2, 0.25) is 5.89 Å². The quantitative estimate of drug-likeness (QED) is 0.494. The molecule has 8 heteroatoms. The molecule has 2 N–H and O–H groups in total. The van der Waals surface area contributed by atoms with Crippen molar-refractivity contribution in [3.63, 3.8) is 0 Å². The third kappa shape index (κ3) is 4.29. The lowest BCUT2D eigenvalue weighted by Crippen LogP contribution is -2.40. The van der Waals surface area contributed by atoms with Crippen LogP contribution in [0.1, 0.15) is 11.7 Å². The van der Waals surface area contributed by atoms with E-state index in [0.717, 1.165) is 0 Å². The van der Waals surface area contributed by atoms with Gasteiger partial charge in [-0.25, -0.2) is 0 Å². The van der Waals surface area contributed by atoms with E-state index in [9.17, 15) is 9.59 Å². The summed E-state index contributed by atoms with van der Waals surface area (Å²) in [5, 5.41) is 16.3. The molecule has 0 unspecified atom stereocenters. The van der Waals surface area contributed by atoms with Crippen molar-refractivity contribution in [2.24, 2.45) is 0 Å². The van der Waals surface area contributed by atoms with Crippen molar-refractivity contribution in [3.8, 4) is 6.07 Å². The van der Waals surface area contributed by atoms with Gasteiger partial charge in [0.15, 0.2) is 5.82 Å². The highest BCUT2D eigenvalue weighted by atomic mass is 16.5. The Kier molecular flexibility index (Phi) is 4.62. The van der Waals surface area contributed by atoms with E-state index in [4.69, 9.17) is 9.78 Å². The number of hydrogen-bond donors (Lipinski definition) is 2. The average Bonchev–Trinajstić information content (AvgIpc) is 2.71. The summed E-state index contributed by atoms with van der Waals surface area (Å²) >= 11 is 0. The first-order valence-electron chi connectivity index (χ1n) is 4.85. The molecule has 8 nitrogen and oxygen atoms in total. The van der Waals surface area contributed by atoms with Crippen molar-refractivity contribution >= 4 is 11.8 Å². The van der Waals surface area contributed by atoms with Crippen molar-refractivity contribution in [2.45, 2.75) is 13.3 Å². The van der Waals surface area contributed by atoms with Crippen molar-refractivity contribution in [1.29, 1.82) is 5.26 Å². The largest absolute Gasteiger partial charge is 0.347 e. The Hall–Kier alpha value is -2.43. The third-order valence-corrected chi connectivity index (χ3v) is 1.74. The second-order valence-corrected chi connectivity index (χ2v) is 3.08. The third-order valence-electron chi connectivity index (χ3n) is 1.74. The maximum atomic E-state index is 11.1. The lowest BCUT2D eigenvalue weighted by Gasteiger charge is -2.02. The zero-order valence-corrected chi connectivity index (χ0v) is 9.19. The van der Waals surface area contributed by atoms with E-state index in [0.29, 0.717) is 18.1 Å². The zero-order chi connectivity index (χ0) is 12.7. The molecule has 0 bridgehead atoms. The smallest absolute Gasteiger partial charge is 0.310 e. The molecule has 90 valence electrons. The number of amides is 2. The number of nitrogens with one attached hydrogen (secondary N) is 2. The van der Waals surface area contributed by atoms with Gasteiger partial charge in [0, 0.05) is 19.9 Å². The molecule has 1 aromatic heterocycles. The van der Waals surface area contributed by atoms with Crippen LogP contribution in [0, 0.1) is 18.3 Å². The summed E-state index contributed by atoms with van der Waals surface area (Å²) in [4.78, 5) is 26.1. The topological polar surface area (TPSA) is 121 Å². The number of aryl methyl sites for hydroxylation is 1. The molecule has 0 saturated carbocycles. The van der Waals surface area contributed by atoms with Crippen LogP contribution in [0.15, 0.2) is 4.52 Å². The Labute approximate surface area is 97.0 Å². The number of carbonyl (C=O) groups excluding carboxylic acids is 2. The summed E-state index contributed by atoms with van der Waals surface area (Å²) in [5.41, 5.74) is 0. The monoisotopic (exact) mass is 237 g/mol. The van der Waals surface area contributed by atoms with Crippen molar-refractivity contribution < 1.29 is 14.1 Å². The normalized spacial score (nSPS) is 9.41. The van der Waals surface area contributed by atoms with Crippen molar-refractivity contribution in [1.82, 2.24) is 20.8 Å². The molecule has 1 aromatic rings. The first-order valence-corrected chi connectivity index (χ1v) is 4.85. The first kappa shape index (κ1) is 12.6. The SMILES string of the molecule is Cc1nc(CCNC(=O)C(=O)NCC#N)no1. The molecule has 0 aliphatic heterocycles. The van der Waals surface area contributed by atoms with Gasteiger partial charge in [-0.15, -0.1) is 0 Å². The van der Waals surface area contributed by atoms with Gasteiger partial charge >= 0.3 is 11.8 Å². The summed E-state index contributed by atoms with van der Waals surface area (Å²) in [6, 6.07) is 1.69. The lowest BCUT2D eigenvalue weighted by atomic mass is 10.4. The van der Waals surface area contributed by atoms with Crippen LogP contribution in [0.25, 0.3) is 0 Å². The van der Waals surface area contributed by atoms with Crippen molar-refractivity contribution in [3.05, 3.63) is 11.7 Å². The molecular formula is C9H11N5O3. The molecular weight excluding hydrogens is 226 g/mol. The van der Waals surface area contributed by atoms with E-state index in [-0.39, 0.29) is 13.1 Å². The summed E-state index contributed by atoms with van der Waals surface area (Å²) < 4.78 is 4.73. The molecule has 1 rings (SSSR count). The molecule has 0 spiro atoms. The predicted octanol–water partition coefficient (Wildman–Crippen LogP) is -1.32. The number of hydrogen-bond acceptors (Lipinski definition) is 6. The Morgan fingerprint density at radius 1 is 1.41 bits per heavy atom. The van der Waals surface area contributed by atoms with E-state index in [1.54, 1.807) is 13.0 Å². The highest BCUT2D eigenvalue weighted by Crippen LogP contribution is 1.94. The zero-order valence-electron chi connectivity index (χ0n) is 9.19. The number of nitrogens with zero attached hydrogens (tertiary/aromatic N) is 3. The van der Waals surface area contributed by atoms with Crippen LogP contribution in [-0.4, -0.2) is 35.0 Å². The van der Waals surface area contributed by atoms with Crippen LogP contribution < -0.4 is 10.6 Å². The minimum Gasteiger partial charge on any atom is -0.347 e. The minimum atomic E-state index is -0.837. The Balaban J connectivity index is 2.24. The van der Waals surface area contributed by atoms with Crippen LogP contribution in [0.2, 0.25) is 0 Å². The standard InChI is InChI=1S/C9H11N5O3/c1-6-13-7(14-17-6)2-4-11-8(15)9(16)12-5-3-10/h2,4-5H2,1H3,(H,11,15)(H,12,16). The maximum Gasteiger partial charge on any atom is 0.310 e. The van der Waals surface area contributed by atoms with E-state index >= 15 is 0 Å². The van der Waals surface area contributed by atoms with Gasteiger partial charge in [-0.1, -0.05) is 5.16 Å². The van der Waals surface area contributed by atoms with Gasteiger partial charge in [-0.3, -0.25) is 9.59 Å². The molecule has 0 fully saturated rings. The molecule has 1 heterocycles. The summed E-state index contributed by atoms with van der Waals surface area (Å²) in [7, 11) is 0. The summed E-state index contributed by atoms with van der Waals surface area (Å²) in [5.74, 6) is -0.727. The lowest BCUT2D eigenvalue weighted by molar-refractivity contribution is -0.139. The number of rotatable bonds is 4. The van der Waals surface area contributed by atoms with E-state index in [2.05, 4.69) is 20.8 Å². The molecule has 2 amide bonds. The first-order chi connectivity index (χ1) is 8.13. The highest BCUT2D eigenvalue weighted by Gasteiger charge is 2.12. The van der Waals surface area contributed by atoms with Crippen LogP contribution in [0.3, 0.4) is 0 Å². The summed E-state index contributed by atoms with van der Waals surface area (Å²) in [6.07, 6.45) is 0.370. The molecule has 17 heavy (non-hydrogen) atoms. The van der Waals surface area contributed by atoms with Gasteiger partial charge in [0.1, 0.15) is 6.54 Å². The summed E-state index contributed by atoms with van der Waals surface area (Å²) in [6.45, 7) is 1.68.